The SMILES string of the molecule is FC(F)c1cc(Cc2ncc(Cl)cn2)n(-c2cnc(Cl)c(Cl)c2)n1. The van der Waals surface area contributed by atoms with Gasteiger partial charge in [-0.3, -0.25) is 0 Å². The Morgan fingerprint density at radius 3 is 2.33 bits per heavy atom. The number of alkyl halides is 2. The standard InChI is InChI=1S/C14H8Cl3F2N5/c15-7-4-20-12(21-5-7)3-8-2-11(14(18)19)23-24(8)9-1-10(16)13(17)22-6-9/h1-2,4-6,14H,3H2. The van der Waals surface area contributed by atoms with Crippen molar-refractivity contribution < 1.29 is 8.78 Å². The van der Waals surface area contributed by atoms with Crippen molar-refractivity contribution in [3.8, 4) is 5.69 Å². The van der Waals surface area contributed by atoms with E-state index in [4.69, 9.17) is 34.8 Å². The molecule has 124 valence electrons. The van der Waals surface area contributed by atoms with E-state index in [1.807, 2.05) is 0 Å². The Bertz CT molecular complexity index is 867. The van der Waals surface area contributed by atoms with Gasteiger partial charge < -0.3 is 0 Å². The first-order valence-corrected chi connectivity index (χ1v) is 7.72. The third kappa shape index (κ3) is 3.63. The van der Waals surface area contributed by atoms with Gasteiger partial charge in [0.25, 0.3) is 6.43 Å². The summed E-state index contributed by atoms with van der Waals surface area (Å²) in [5, 5.41) is 4.60. The lowest BCUT2D eigenvalue weighted by atomic mass is 10.2. The summed E-state index contributed by atoms with van der Waals surface area (Å²) in [6, 6.07) is 2.77. The van der Waals surface area contributed by atoms with Crippen LogP contribution < -0.4 is 0 Å². The van der Waals surface area contributed by atoms with Gasteiger partial charge in [0, 0.05) is 12.4 Å². The van der Waals surface area contributed by atoms with Gasteiger partial charge in [-0.05, 0) is 12.1 Å². The summed E-state index contributed by atoms with van der Waals surface area (Å²) in [7, 11) is 0. The second-order valence-electron chi connectivity index (χ2n) is 4.73. The highest BCUT2D eigenvalue weighted by Crippen LogP contribution is 2.25. The summed E-state index contributed by atoms with van der Waals surface area (Å²) in [4.78, 5) is 12.0. The predicted octanol–water partition coefficient (Wildman–Crippen LogP) is 4.55. The van der Waals surface area contributed by atoms with Crippen LogP contribution in [0.4, 0.5) is 8.78 Å². The number of nitrogens with zero attached hydrogens (tertiary/aromatic N) is 5. The molecule has 24 heavy (non-hydrogen) atoms. The highest BCUT2D eigenvalue weighted by Gasteiger charge is 2.18. The molecule has 0 saturated carbocycles. The molecule has 3 rings (SSSR count). The molecule has 0 spiro atoms. The van der Waals surface area contributed by atoms with Gasteiger partial charge in [-0.1, -0.05) is 34.8 Å². The minimum Gasteiger partial charge on any atom is -0.241 e. The number of hydrogen-bond acceptors (Lipinski definition) is 4. The lowest BCUT2D eigenvalue weighted by Crippen LogP contribution is -2.05. The summed E-state index contributed by atoms with van der Waals surface area (Å²) < 4.78 is 27.4. The zero-order valence-corrected chi connectivity index (χ0v) is 14.1. The molecule has 0 bridgehead atoms. The summed E-state index contributed by atoms with van der Waals surface area (Å²) in [6.07, 6.45) is 1.71. The van der Waals surface area contributed by atoms with Gasteiger partial charge in [-0.25, -0.2) is 28.4 Å². The number of halogens is 5. The first-order chi connectivity index (χ1) is 11.4. The van der Waals surface area contributed by atoms with Crippen molar-refractivity contribution >= 4 is 34.8 Å². The molecule has 10 heteroatoms. The fourth-order valence-corrected chi connectivity index (χ4v) is 2.38. The van der Waals surface area contributed by atoms with Crippen molar-refractivity contribution in [1.82, 2.24) is 24.7 Å². The van der Waals surface area contributed by atoms with Gasteiger partial charge in [-0.15, -0.1) is 0 Å². The quantitative estimate of drug-likeness (QED) is 0.613. The molecular weight excluding hydrogens is 383 g/mol. The summed E-state index contributed by atoms with van der Waals surface area (Å²) in [6.45, 7) is 0. The van der Waals surface area contributed by atoms with Gasteiger partial charge in [0.2, 0.25) is 0 Å². The highest BCUT2D eigenvalue weighted by atomic mass is 35.5. The van der Waals surface area contributed by atoms with E-state index in [0.29, 0.717) is 22.2 Å². The Morgan fingerprint density at radius 1 is 1.00 bits per heavy atom. The summed E-state index contributed by atoms with van der Waals surface area (Å²) in [5.41, 5.74) is 0.484. The van der Waals surface area contributed by atoms with Crippen LogP contribution in [0.15, 0.2) is 30.7 Å². The molecule has 0 radical (unpaired) electrons. The van der Waals surface area contributed by atoms with Crippen LogP contribution in [0.5, 0.6) is 0 Å². The van der Waals surface area contributed by atoms with E-state index in [1.165, 1.54) is 35.4 Å². The Labute approximate surface area is 150 Å². The number of aromatic nitrogens is 5. The first kappa shape index (κ1) is 17.0. The van der Waals surface area contributed by atoms with Crippen molar-refractivity contribution in [2.24, 2.45) is 0 Å². The van der Waals surface area contributed by atoms with E-state index in [-0.39, 0.29) is 22.3 Å². The average Bonchev–Trinajstić information content (AvgIpc) is 2.96. The van der Waals surface area contributed by atoms with E-state index in [9.17, 15) is 8.78 Å². The Balaban J connectivity index is 2.03. The number of hydrogen-bond donors (Lipinski definition) is 0. The summed E-state index contributed by atoms with van der Waals surface area (Å²) >= 11 is 17.5. The number of rotatable bonds is 4. The van der Waals surface area contributed by atoms with Crippen LogP contribution in [-0.2, 0) is 6.42 Å². The molecule has 0 aromatic carbocycles. The third-order valence-electron chi connectivity index (χ3n) is 3.07. The zero-order chi connectivity index (χ0) is 17.3. The topological polar surface area (TPSA) is 56.5 Å². The van der Waals surface area contributed by atoms with Gasteiger partial charge in [0.15, 0.2) is 0 Å². The molecule has 3 heterocycles. The molecule has 0 amide bonds. The van der Waals surface area contributed by atoms with Gasteiger partial charge >= 0.3 is 0 Å². The minimum absolute atomic E-state index is 0.115. The lowest BCUT2D eigenvalue weighted by Gasteiger charge is -2.07. The van der Waals surface area contributed by atoms with Crippen LogP contribution in [0.25, 0.3) is 5.69 Å². The second kappa shape index (κ2) is 6.96. The molecule has 5 nitrogen and oxygen atoms in total. The highest BCUT2D eigenvalue weighted by molar-refractivity contribution is 6.41. The van der Waals surface area contributed by atoms with E-state index in [1.54, 1.807) is 0 Å². The Morgan fingerprint density at radius 2 is 1.71 bits per heavy atom. The van der Waals surface area contributed by atoms with Crippen LogP contribution in [0.2, 0.25) is 15.2 Å². The van der Waals surface area contributed by atoms with E-state index in [2.05, 4.69) is 20.1 Å². The normalized spacial score (nSPS) is 11.2. The fourth-order valence-electron chi connectivity index (χ4n) is 2.02. The van der Waals surface area contributed by atoms with Gasteiger partial charge in [0.05, 0.1) is 34.0 Å². The maximum absolute atomic E-state index is 13.0. The molecule has 0 aliphatic rings. The van der Waals surface area contributed by atoms with Crippen LogP contribution in [0.3, 0.4) is 0 Å². The maximum atomic E-state index is 13.0. The molecular formula is C14H8Cl3F2N5. The Hall–Kier alpha value is -1.83. The fraction of sp³-hybridized carbons (Fsp3) is 0.143. The molecule has 0 N–H and O–H groups in total. The zero-order valence-electron chi connectivity index (χ0n) is 11.8. The van der Waals surface area contributed by atoms with Crippen LogP contribution >= 0.6 is 34.8 Å². The van der Waals surface area contributed by atoms with Crippen molar-refractivity contribution in [2.45, 2.75) is 12.8 Å². The smallest absolute Gasteiger partial charge is 0.241 e. The lowest BCUT2D eigenvalue weighted by molar-refractivity contribution is 0.145. The monoisotopic (exact) mass is 389 g/mol. The van der Waals surface area contributed by atoms with Crippen molar-refractivity contribution in [3.05, 3.63) is 63.1 Å². The molecule has 0 saturated heterocycles. The van der Waals surface area contributed by atoms with E-state index < -0.39 is 6.43 Å². The van der Waals surface area contributed by atoms with Crippen LogP contribution in [0.1, 0.15) is 23.6 Å². The predicted molar refractivity (Wildman–Crippen MR) is 86.2 cm³/mol. The van der Waals surface area contributed by atoms with Crippen molar-refractivity contribution in [2.75, 3.05) is 0 Å². The third-order valence-corrected chi connectivity index (χ3v) is 3.95. The first-order valence-electron chi connectivity index (χ1n) is 6.59. The van der Waals surface area contributed by atoms with Crippen LogP contribution in [-0.4, -0.2) is 24.7 Å². The number of pyridine rings is 1. The molecule has 0 atom stereocenters. The van der Waals surface area contributed by atoms with Crippen molar-refractivity contribution in [3.63, 3.8) is 0 Å². The molecule has 0 aliphatic heterocycles. The van der Waals surface area contributed by atoms with Crippen LogP contribution in [0, 0.1) is 0 Å². The van der Waals surface area contributed by atoms with Gasteiger partial charge in [0.1, 0.15) is 16.7 Å². The largest absolute Gasteiger partial charge is 0.282 e. The van der Waals surface area contributed by atoms with Gasteiger partial charge in [-0.2, -0.15) is 5.10 Å². The average molecular weight is 391 g/mol. The molecule has 0 fully saturated rings. The van der Waals surface area contributed by atoms with E-state index >= 15 is 0 Å². The van der Waals surface area contributed by atoms with Crippen molar-refractivity contribution in [1.29, 1.82) is 0 Å². The molecule has 3 aromatic rings. The maximum Gasteiger partial charge on any atom is 0.282 e. The Kier molecular flexibility index (Phi) is 4.93. The second-order valence-corrected chi connectivity index (χ2v) is 5.94. The van der Waals surface area contributed by atoms with E-state index in [0.717, 1.165) is 0 Å². The molecule has 3 aromatic heterocycles. The summed E-state index contributed by atoms with van der Waals surface area (Å²) in [5.74, 6) is 0.411. The molecule has 0 unspecified atom stereocenters. The minimum atomic E-state index is -2.72. The molecule has 0 aliphatic carbocycles.